The van der Waals surface area contributed by atoms with Gasteiger partial charge in [0.2, 0.25) is 5.91 Å². The van der Waals surface area contributed by atoms with Gasteiger partial charge in [0.05, 0.1) is 6.42 Å². The number of rotatable bonds is 3. The lowest BCUT2D eigenvalue weighted by Gasteiger charge is -2.35. The Labute approximate surface area is 157 Å². The summed E-state index contributed by atoms with van der Waals surface area (Å²) in [6.07, 6.45) is 5.68. The highest BCUT2D eigenvalue weighted by atomic mass is 16.2. The molecular weight excluding hydrogens is 340 g/mol. The third-order valence-corrected chi connectivity index (χ3v) is 5.62. The number of aryl methyl sites for hydroxylation is 2. The second-order valence-electron chi connectivity index (χ2n) is 7.33. The van der Waals surface area contributed by atoms with Crippen molar-refractivity contribution in [3.63, 3.8) is 0 Å². The number of carbonyl (C=O) groups excluding carboxylic acids is 1. The van der Waals surface area contributed by atoms with Crippen LogP contribution in [0.1, 0.15) is 23.1 Å². The van der Waals surface area contributed by atoms with E-state index in [4.69, 9.17) is 0 Å². The van der Waals surface area contributed by atoms with Gasteiger partial charge in [-0.1, -0.05) is 18.2 Å². The summed E-state index contributed by atoms with van der Waals surface area (Å²) in [4.78, 5) is 16.9. The number of carbonyl (C=O) groups is 1. The minimum atomic E-state index is 0.217. The Bertz CT molecular complexity index is 989. The van der Waals surface area contributed by atoms with Crippen molar-refractivity contribution in [3.05, 3.63) is 53.3 Å². The van der Waals surface area contributed by atoms with Crippen molar-refractivity contribution in [2.45, 2.75) is 25.7 Å². The smallest absolute Gasteiger partial charge is 0.227 e. The molecule has 5 rings (SSSR count). The van der Waals surface area contributed by atoms with Gasteiger partial charge in [-0.3, -0.25) is 4.79 Å². The van der Waals surface area contributed by atoms with Gasteiger partial charge in [-0.05, 0) is 48.1 Å². The van der Waals surface area contributed by atoms with E-state index in [9.17, 15) is 4.79 Å². The molecule has 0 saturated carbocycles. The standard InChI is InChI=1S/C20H22N6O/c27-20(13-15-4-5-16-2-1-3-17(16)12-15)25-10-8-24(9-11-25)19-7-6-18-22-21-14-26(18)23-19/h4-7,12,14H,1-3,8-11,13H2. The van der Waals surface area contributed by atoms with Gasteiger partial charge in [-0.25, -0.2) is 0 Å². The van der Waals surface area contributed by atoms with Gasteiger partial charge in [0.15, 0.2) is 5.65 Å². The van der Waals surface area contributed by atoms with Crippen molar-refractivity contribution in [1.82, 2.24) is 24.7 Å². The largest absolute Gasteiger partial charge is 0.352 e. The zero-order valence-electron chi connectivity index (χ0n) is 15.2. The fourth-order valence-corrected chi connectivity index (χ4v) is 4.09. The lowest BCUT2D eigenvalue weighted by molar-refractivity contribution is -0.130. The topological polar surface area (TPSA) is 66.6 Å². The van der Waals surface area contributed by atoms with Crippen LogP contribution in [0.5, 0.6) is 0 Å². The SMILES string of the molecule is O=C(Cc1ccc2c(c1)CCC2)N1CCN(c2ccc3nncn3n2)CC1. The Kier molecular flexibility index (Phi) is 3.99. The van der Waals surface area contributed by atoms with E-state index in [2.05, 4.69) is 38.4 Å². The predicted octanol–water partition coefficient (Wildman–Crippen LogP) is 1.50. The average Bonchev–Trinajstić information content (AvgIpc) is 3.36. The molecule has 1 saturated heterocycles. The van der Waals surface area contributed by atoms with Gasteiger partial charge >= 0.3 is 0 Å². The molecule has 0 spiro atoms. The molecule has 0 atom stereocenters. The molecule has 1 aliphatic carbocycles. The molecule has 7 heteroatoms. The molecule has 0 unspecified atom stereocenters. The maximum absolute atomic E-state index is 12.7. The van der Waals surface area contributed by atoms with Crippen molar-refractivity contribution in [2.75, 3.05) is 31.1 Å². The fraction of sp³-hybridized carbons (Fsp3) is 0.400. The molecule has 1 fully saturated rings. The molecule has 2 aromatic heterocycles. The highest BCUT2D eigenvalue weighted by Gasteiger charge is 2.23. The Morgan fingerprint density at radius 2 is 1.85 bits per heavy atom. The van der Waals surface area contributed by atoms with Crippen molar-refractivity contribution >= 4 is 17.4 Å². The highest BCUT2D eigenvalue weighted by Crippen LogP contribution is 2.23. The summed E-state index contributed by atoms with van der Waals surface area (Å²) in [5.74, 6) is 1.11. The van der Waals surface area contributed by atoms with E-state index in [1.54, 1.807) is 10.8 Å². The van der Waals surface area contributed by atoms with E-state index in [0.29, 0.717) is 6.42 Å². The summed E-state index contributed by atoms with van der Waals surface area (Å²) in [7, 11) is 0. The molecule has 138 valence electrons. The maximum atomic E-state index is 12.7. The zero-order chi connectivity index (χ0) is 18.2. The van der Waals surface area contributed by atoms with Gasteiger partial charge in [0.1, 0.15) is 12.1 Å². The number of fused-ring (bicyclic) bond motifs is 2. The molecule has 3 heterocycles. The summed E-state index contributed by atoms with van der Waals surface area (Å²) in [5.41, 5.74) is 4.77. The molecule has 7 nitrogen and oxygen atoms in total. The molecule has 2 aliphatic rings. The monoisotopic (exact) mass is 362 g/mol. The number of anilines is 1. The Balaban J connectivity index is 1.21. The minimum absolute atomic E-state index is 0.217. The first kappa shape index (κ1) is 16.2. The van der Waals surface area contributed by atoms with E-state index in [1.165, 1.54) is 24.0 Å². The van der Waals surface area contributed by atoms with Crippen molar-refractivity contribution in [2.24, 2.45) is 0 Å². The van der Waals surface area contributed by atoms with Crippen LogP contribution in [0.25, 0.3) is 5.65 Å². The maximum Gasteiger partial charge on any atom is 0.227 e. The molecule has 0 N–H and O–H groups in total. The zero-order valence-corrected chi connectivity index (χ0v) is 15.2. The normalized spacial score (nSPS) is 16.7. The lowest BCUT2D eigenvalue weighted by atomic mass is 10.0. The molecule has 3 aromatic rings. The molecule has 1 amide bonds. The van der Waals surface area contributed by atoms with Crippen molar-refractivity contribution in [1.29, 1.82) is 0 Å². The third kappa shape index (κ3) is 3.13. The fourth-order valence-electron chi connectivity index (χ4n) is 4.09. The van der Waals surface area contributed by atoms with Crippen molar-refractivity contribution < 1.29 is 4.79 Å². The number of amides is 1. The number of nitrogens with zero attached hydrogens (tertiary/aromatic N) is 6. The Hall–Kier alpha value is -2.96. The molecule has 1 aromatic carbocycles. The van der Waals surface area contributed by atoms with E-state index in [0.717, 1.165) is 49.6 Å². The first-order valence-corrected chi connectivity index (χ1v) is 9.57. The number of hydrogen-bond donors (Lipinski definition) is 0. The Morgan fingerprint density at radius 3 is 2.74 bits per heavy atom. The van der Waals surface area contributed by atoms with E-state index in [1.807, 2.05) is 17.0 Å². The minimum Gasteiger partial charge on any atom is -0.352 e. The van der Waals surface area contributed by atoms with Gasteiger partial charge < -0.3 is 9.80 Å². The highest BCUT2D eigenvalue weighted by molar-refractivity contribution is 5.79. The van der Waals surface area contributed by atoms with Crippen LogP contribution < -0.4 is 4.90 Å². The van der Waals surface area contributed by atoms with Gasteiger partial charge in [0.25, 0.3) is 0 Å². The van der Waals surface area contributed by atoms with Crippen LogP contribution in [-0.4, -0.2) is 56.8 Å². The number of piperazine rings is 1. The van der Waals surface area contributed by atoms with Crippen LogP contribution in [0.4, 0.5) is 5.82 Å². The molecular formula is C20H22N6O. The molecule has 0 radical (unpaired) electrons. The van der Waals surface area contributed by atoms with E-state index < -0.39 is 0 Å². The number of hydrogen-bond acceptors (Lipinski definition) is 5. The molecule has 1 aliphatic heterocycles. The summed E-state index contributed by atoms with van der Waals surface area (Å²) >= 11 is 0. The van der Waals surface area contributed by atoms with Crippen LogP contribution in [0.15, 0.2) is 36.7 Å². The van der Waals surface area contributed by atoms with Crippen molar-refractivity contribution in [3.8, 4) is 0 Å². The van der Waals surface area contributed by atoms with Gasteiger partial charge in [0, 0.05) is 26.2 Å². The van der Waals surface area contributed by atoms with Crippen LogP contribution in [-0.2, 0) is 24.1 Å². The number of aromatic nitrogens is 4. The number of benzene rings is 1. The second-order valence-corrected chi connectivity index (χ2v) is 7.33. The first-order chi connectivity index (χ1) is 13.3. The van der Waals surface area contributed by atoms with Crippen LogP contribution in [0.3, 0.4) is 0 Å². The summed E-state index contributed by atoms with van der Waals surface area (Å²) in [5, 5.41) is 12.4. The summed E-state index contributed by atoms with van der Waals surface area (Å²) < 4.78 is 1.68. The van der Waals surface area contributed by atoms with E-state index in [-0.39, 0.29) is 5.91 Å². The van der Waals surface area contributed by atoms with Gasteiger partial charge in [-0.2, -0.15) is 4.52 Å². The summed E-state index contributed by atoms with van der Waals surface area (Å²) in [6.45, 7) is 3.03. The van der Waals surface area contributed by atoms with Crippen LogP contribution in [0.2, 0.25) is 0 Å². The van der Waals surface area contributed by atoms with Crippen LogP contribution in [0, 0.1) is 0 Å². The first-order valence-electron chi connectivity index (χ1n) is 9.57. The second kappa shape index (κ2) is 6.64. The van der Waals surface area contributed by atoms with Gasteiger partial charge in [-0.15, -0.1) is 15.3 Å². The molecule has 0 bridgehead atoms. The molecule has 27 heavy (non-hydrogen) atoms. The quantitative estimate of drug-likeness (QED) is 0.706. The average molecular weight is 362 g/mol. The van der Waals surface area contributed by atoms with E-state index >= 15 is 0 Å². The Morgan fingerprint density at radius 1 is 1.00 bits per heavy atom. The predicted molar refractivity (Wildman–Crippen MR) is 102 cm³/mol. The van der Waals surface area contributed by atoms with Crippen LogP contribution >= 0.6 is 0 Å². The summed E-state index contributed by atoms with van der Waals surface area (Å²) in [6, 6.07) is 10.4. The third-order valence-electron chi connectivity index (χ3n) is 5.62. The lowest BCUT2D eigenvalue weighted by Crippen LogP contribution is -2.49.